The lowest BCUT2D eigenvalue weighted by molar-refractivity contribution is 0.0420. The van der Waals surface area contributed by atoms with Gasteiger partial charge in [0.15, 0.2) is 0 Å². The molecule has 19 heavy (non-hydrogen) atoms. The summed E-state index contributed by atoms with van der Waals surface area (Å²) in [6.45, 7) is 7.00. The summed E-state index contributed by atoms with van der Waals surface area (Å²) in [5.41, 5.74) is 1.79. The number of benzene rings is 1. The molecule has 1 aromatic carbocycles. The maximum Gasteiger partial charge on any atom is 0.251 e. The lowest BCUT2D eigenvalue weighted by atomic mass is 9.82. The summed E-state index contributed by atoms with van der Waals surface area (Å²) >= 11 is 0. The second kappa shape index (κ2) is 5.33. The molecule has 0 bridgehead atoms. The molecule has 1 aliphatic rings. The molecule has 1 saturated carbocycles. The van der Waals surface area contributed by atoms with E-state index < -0.39 is 0 Å². The Hall–Kier alpha value is -1.35. The number of nitrogens with one attached hydrogen (secondary N) is 1. The van der Waals surface area contributed by atoms with Crippen LogP contribution in [0.15, 0.2) is 24.3 Å². The maximum atomic E-state index is 12.3. The van der Waals surface area contributed by atoms with Crippen molar-refractivity contribution < 1.29 is 9.90 Å². The molecule has 1 amide bonds. The number of carbonyl (C=O) groups is 1. The molecular weight excluding hydrogens is 238 g/mol. The molecule has 0 saturated heterocycles. The molecule has 0 aromatic heterocycles. The van der Waals surface area contributed by atoms with Crippen LogP contribution in [0.4, 0.5) is 0 Å². The number of rotatable bonds is 3. The van der Waals surface area contributed by atoms with Crippen LogP contribution in [0, 0.1) is 5.92 Å². The first-order valence-corrected chi connectivity index (χ1v) is 6.93. The zero-order valence-electron chi connectivity index (χ0n) is 11.9. The minimum absolute atomic E-state index is 0.00749. The smallest absolute Gasteiger partial charge is 0.251 e. The van der Waals surface area contributed by atoms with E-state index in [2.05, 4.69) is 26.1 Å². The second-order valence-electron chi connectivity index (χ2n) is 6.50. The topological polar surface area (TPSA) is 49.3 Å². The molecule has 0 atom stereocenters. The molecule has 0 spiro atoms. The maximum absolute atomic E-state index is 12.3. The van der Waals surface area contributed by atoms with E-state index in [1.54, 1.807) is 0 Å². The summed E-state index contributed by atoms with van der Waals surface area (Å²) < 4.78 is 0. The first-order chi connectivity index (χ1) is 8.88. The molecule has 1 aromatic rings. The Labute approximate surface area is 115 Å². The van der Waals surface area contributed by atoms with E-state index >= 15 is 0 Å². The molecule has 2 rings (SSSR count). The summed E-state index contributed by atoms with van der Waals surface area (Å²) in [6, 6.07) is 7.77. The van der Waals surface area contributed by atoms with Crippen LogP contribution in [0.1, 0.15) is 49.5 Å². The third-order valence-electron chi connectivity index (χ3n) is 3.74. The number of hydrogen-bond donors (Lipinski definition) is 2. The average molecular weight is 261 g/mol. The SMILES string of the molecule is CC(C)(C)c1ccccc1C(=O)NCC1CC(O)C1. The summed E-state index contributed by atoms with van der Waals surface area (Å²) in [5.74, 6) is 0.424. The number of amides is 1. The predicted molar refractivity (Wildman–Crippen MR) is 76.2 cm³/mol. The van der Waals surface area contributed by atoms with Crippen LogP contribution in [0.25, 0.3) is 0 Å². The lowest BCUT2D eigenvalue weighted by Gasteiger charge is -2.31. The molecule has 1 aliphatic carbocycles. The number of carbonyl (C=O) groups excluding carboxylic acids is 1. The van der Waals surface area contributed by atoms with Crippen LogP contribution >= 0.6 is 0 Å². The highest BCUT2D eigenvalue weighted by Crippen LogP contribution is 2.27. The zero-order valence-corrected chi connectivity index (χ0v) is 11.9. The molecule has 0 unspecified atom stereocenters. The van der Waals surface area contributed by atoms with E-state index in [4.69, 9.17) is 0 Å². The summed E-state index contributed by atoms with van der Waals surface area (Å²) in [7, 11) is 0. The standard InChI is InChI=1S/C16H23NO2/c1-16(2,3)14-7-5-4-6-13(14)15(19)17-10-11-8-12(18)9-11/h4-7,11-12,18H,8-10H2,1-3H3,(H,17,19). The monoisotopic (exact) mass is 261 g/mol. The molecule has 0 radical (unpaired) electrons. The summed E-state index contributed by atoms with van der Waals surface area (Å²) in [5, 5.41) is 12.2. The van der Waals surface area contributed by atoms with Gasteiger partial charge in [-0.15, -0.1) is 0 Å². The van der Waals surface area contributed by atoms with Gasteiger partial charge >= 0.3 is 0 Å². The van der Waals surface area contributed by atoms with Crippen LogP contribution in [0.5, 0.6) is 0 Å². The Morgan fingerprint density at radius 3 is 2.53 bits per heavy atom. The van der Waals surface area contributed by atoms with Gasteiger partial charge in [-0.25, -0.2) is 0 Å². The fraction of sp³-hybridized carbons (Fsp3) is 0.562. The quantitative estimate of drug-likeness (QED) is 0.878. The van der Waals surface area contributed by atoms with Crippen molar-refractivity contribution in [2.45, 2.75) is 45.1 Å². The Kier molecular flexibility index (Phi) is 3.95. The van der Waals surface area contributed by atoms with Gasteiger partial charge in [0, 0.05) is 12.1 Å². The molecule has 0 aliphatic heterocycles. The predicted octanol–water partition coefficient (Wildman–Crippen LogP) is 2.48. The third-order valence-corrected chi connectivity index (χ3v) is 3.74. The van der Waals surface area contributed by atoms with Crippen LogP contribution in [0.3, 0.4) is 0 Å². The van der Waals surface area contributed by atoms with Gasteiger partial charge in [0.05, 0.1) is 6.10 Å². The van der Waals surface area contributed by atoms with Gasteiger partial charge in [0.2, 0.25) is 0 Å². The second-order valence-corrected chi connectivity index (χ2v) is 6.50. The highest BCUT2D eigenvalue weighted by Gasteiger charge is 2.28. The summed E-state index contributed by atoms with van der Waals surface area (Å²) in [6.07, 6.45) is 1.45. The van der Waals surface area contributed by atoms with E-state index in [0.29, 0.717) is 12.5 Å². The van der Waals surface area contributed by atoms with Crippen molar-refractivity contribution in [3.05, 3.63) is 35.4 Å². The molecule has 3 heteroatoms. The molecule has 1 fully saturated rings. The van der Waals surface area contributed by atoms with Crippen LogP contribution in [0.2, 0.25) is 0 Å². The van der Waals surface area contributed by atoms with E-state index in [0.717, 1.165) is 24.0 Å². The first-order valence-electron chi connectivity index (χ1n) is 6.93. The van der Waals surface area contributed by atoms with E-state index in [1.807, 2.05) is 24.3 Å². The minimum atomic E-state index is -0.163. The van der Waals surface area contributed by atoms with Crippen molar-refractivity contribution in [1.29, 1.82) is 0 Å². The van der Waals surface area contributed by atoms with Gasteiger partial charge in [-0.2, -0.15) is 0 Å². The fourth-order valence-electron chi connectivity index (χ4n) is 2.53. The van der Waals surface area contributed by atoms with Crippen LogP contribution in [-0.2, 0) is 5.41 Å². The van der Waals surface area contributed by atoms with Crippen LogP contribution < -0.4 is 5.32 Å². The van der Waals surface area contributed by atoms with Crippen LogP contribution in [-0.4, -0.2) is 23.7 Å². The Bertz CT molecular complexity index is 456. The van der Waals surface area contributed by atoms with Gasteiger partial charge in [-0.1, -0.05) is 39.0 Å². The van der Waals surface area contributed by atoms with Crippen molar-refractivity contribution in [3.63, 3.8) is 0 Å². The van der Waals surface area contributed by atoms with Crippen molar-refractivity contribution in [3.8, 4) is 0 Å². The normalized spacial score (nSPS) is 22.7. The van der Waals surface area contributed by atoms with E-state index in [9.17, 15) is 9.90 Å². The van der Waals surface area contributed by atoms with E-state index in [1.165, 1.54) is 0 Å². The third kappa shape index (κ3) is 3.35. The molecule has 3 nitrogen and oxygen atoms in total. The number of aliphatic hydroxyl groups is 1. The largest absolute Gasteiger partial charge is 0.393 e. The minimum Gasteiger partial charge on any atom is -0.393 e. The zero-order chi connectivity index (χ0) is 14.0. The first kappa shape index (κ1) is 14.1. The number of aliphatic hydroxyl groups excluding tert-OH is 1. The fourth-order valence-corrected chi connectivity index (χ4v) is 2.53. The van der Waals surface area contributed by atoms with Gasteiger partial charge in [-0.05, 0) is 35.8 Å². The highest BCUT2D eigenvalue weighted by molar-refractivity contribution is 5.96. The molecule has 104 valence electrons. The molecule has 0 heterocycles. The highest BCUT2D eigenvalue weighted by atomic mass is 16.3. The van der Waals surface area contributed by atoms with Gasteiger partial charge in [0.1, 0.15) is 0 Å². The lowest BCUT2D eigenvalue weighted by Crippen LogP contribution is -2.39. The average Bonchev–Trinajstić information content (AvgIpc) is 2.32. The van der Waals surface area contributed by atoms with Gasteiger partial charge in [0.25, 0.3) is 5.91 Å². The van der Waals surface area contributed by atoms with Crippen molar-refractivity contribution in [1.82, 2.24) is 5.32 Å². The van der Waals surface area contributed by atoms with Gasteiger partial charge in [-0.3, -0.25) is 4.79 Å². The Morgan fingerprint density at radius 2 is 1.95 bits per heavy atom. The number of hydrogen-bond acceptors (Lipinski definition) is 2. The Balaban J connectivity index is 2.02. The van der Waals surface area contributed by atoms with E-state index in [-0.39, 0.29) is 17.4 Å². The van der Waals surface area contributed by atoms with Crippen molar-refractivity contribution in [2.24, 2.45) is 5.92 Å². The summed E-state index contributed by atoms with van der Waals surface area (Å²) in [4.78, 5) is 12.3. The molecule has 2 N–H and O–H groups in total. The van der Waals surface area contributed by atoms with Gasteiger partial charge < -0.3 is 10.4 Å². The van der Waals surface area contributed by atoms with Crippen molar-refractivity contribution >= 4 is 5.91 Å². The van der Waals surface area contributed by atoms with Crippen molar-refractivity contribution in [2.75, 3.05) is 6.54 Å². The molecular formula is C16H23NO2. The Morgan fingerprint density at radius 1 is 1.32 bits per heavy atom.